The molecule has 44 valence electrons. The molecule has 0 rings (SSSR count). The van der Waals surface area contributed by atoms with Gasteiger partial charge in [0.25, 0.3) is 0 Å². The van der Waals surface area contributed by atoms with Crippen LogP contribution in [0.2, 0.25) is 10.5 Å². The topological polar surface area (TPSA) is 18.5 Å². The zero-order chi connectivity index (χ0) is 5.91. The standard InChI is InChI=1S/2CH3O.2CH3.Ti/c2*1-2;;;/h2*1H3;2*1H3;/q2*-1;;;+2. The quantitative estimate of drug-likeness (QED) is 0.539. The van der Waals surface area contributed by atoms with E-state index >= 15 is 0 Å². The molecule has 0 spiro atoms. The van der Waals surface area contributed by atoms with Crippen molar-refractivity contribution in [2.45, 2.75) is 10.5 Å². The van der Waals surface area contributed by atoms with Gasteiger partial charge in [0, 0.05) is 0 Å². The van der Waals surface area contributed by atoms with Gasteiger partial charge in [-0.2, -0.15) is 0 Å². The Morgan fingerprint density at radius 3 is 1.29 bits per heavy atom. The van der Waals surface area contributed by atoms with Gasteiger partial charge >= 0.3 is 48.7 Å². The molecule has 0 bridgehead atoms. The average molecular weight is 140 g/mol. The SMILES string of the molecule is C[O][Ti]([CH3])([CH3])[O]C. The average Bonchev–Trinajstić information content (AvgIpc) is 1.68. The molecule has 3 heteroatoms. The van der Waals surface area contributed by atoms with Crippen LogP contribution in [-0.4, -0.2) is 14.2 Å². The molecular formula is C4H12O2Ti. The van der Waals surface area contributed by atoms with E-state index in [0.29, 0.717) is 0 Å². The molecule has 0 aromatic carbocycles. The summed E-state index contributed by atoms with van der Waals surface area (Å²) in [6, 6.07) is 0. The second-order valence-corrected chi connectivity index (χ2v) is 7.45. The molecule has 0 amide bonds. The van der Waals surface area contributed by atoms with Gasteiger partial charge < -0.3 is 0 Å². The van der Waals surface area contributed by atoms with Crippen molar-refractivity contribution >= 4 is 0 Å². The van der Waals surface area contributed by atoms with Gasteiger partial charge in [0.1, 0.15) is 0 Å². The summed E-state index contributed by atoms with van der Waals surface area (Å²) in [5.74, 6) is 0. The van der Waals surface area contributed by atoms with Crippen molar-refractivity contribution in [2.24, 2.45) is 0 Å². The first-order chi connectivity index (χ1) is 3.12. The van der Waals surface area contributed by atoms with Gasteiger partial charge in [-0.3, -0.25) is 0 Å². The van der Waals surface area contributed by atoms with E-state index in [-0.39, 0.29) is 0 Å². The summed E-state index contributed by atoms with van der Waals surface area (Å²) in [6.45, 7) is 0. The molecule has 2 nitrogen and oxygen atoms in total. The Kier molecular flexibility index (Phi) is 3.08. The summed E-state index contributed by atoms with van der Waals surface area (Å²) >= 11 is -2.08. The molecule has 7 heavy (non-hydrogen) atoms. The Morgan fingerprint density at radius 1 is 1.00 bits per heavy atom. The van der Waals surface area contributed by atoms with Crippen LogP contribution in [0, 0.1) is 0 Å². The van der Waals surface area contributed by atoms with Crippen LogP contribution in [0.1, 0.15) is 0 Å². The van der Waals surface area contributed by atoms with E-state index in [0.717, 1.165) is 0 Å². The van der Waals surface area contributed by atoms with Gasteiger partial charge in [-0.25, -0.2) is 0 Å². The van der Waals surface area contributed by atoms with E-state index in [1.165, 1.54) is 0 Å². The van der Waals surface area contributed by atoms with Crippen LogP contribution in [0.25, 0.3) is 0 Å². The first-order valence-electron chi connectivity index (χ1n) is 2.22. The number of hydrogen-bond donors (Lipinski definition) is 0. The molecule has 0 aromatic rings. The molecule has 0 heterocycles. The molecule has 0 radical (unpaired) electrons. The third kappa shape index (κ3) is 3.24. The Hall–Kier alpha value is 0.634. The van der Waals surface area contributed by atoms with Crippen molar-refractivity contribution in [3.05, 3.63) is 0 Å². The van der Waals surface area contributed by atoms with Crippen molar-refractivity contribution in [3.63, 3.8) is 0 Å². The van der Waals surface area contributed by atoms with Gasteiger partial charge in [-0.1, -0.05) is 0 Å². The molecule has 0 fully saturated rings. The van der Waals surface area contributed by atoms with Gasteiger partial charge in [-0.05, 0) is 0 Å². The Labute approximate surface area is 49.1 Å². The molecule has 0 aliphatic rings. The van der Waals surface area contributed by atoms with Crippen LogP contribution in [0.5, 0.6) is 0 Å². The predicted octanol–water partition coefficient (Wildman–Crippen LogP) is 1.36. The third-order valence-electron chi connectivity index (χ3n) is 0.983. The van der Waals surface area contributed by atoms with E-state index < -0.39 is 17.4 Å². The molecule has 0 aromatic heterocycles. The first kappa shape index (κ1) is 7.63. The van der Waals surface area contributed by atoms with Crippen molar-refractivity contribution < 1.29 is 24.0 Å². The van der Waals surface area contributed by atoms with Crippen LogP contribution >= 0.6 is 0 Å². The maximum absolute atomic E-state index is 5.05. The fraction of sp³-hybridized carbons (Fsp3) is 1.00. The van der Waals surface area contributed by atoms with Crippen molar-refractivity contribution in [1.29, 1.82) is 0 Å². The Morgan fingerprint density at radius 2 is 1.29 bits per heavy atom. The third-order valence-corrected chi connectivity index (χ3v) is 4.05. The van der Waals surface area contributed by atoms with Crippen molar-refractivity contribution in [1.82, 2.24) is 0 Å². The number of hydrogen-bond acceptors (Lipinski definition) is 2. The minimum absolute atomic E-state index is 1.70. The summed E-state index contributed by atoms with van der Waals surface area (Å²) in [7, 11) is 3.40. The maximum atomic E-state index is 5.05. The van der Waals surface area contributed by atoms with Gasteiger partial charge in [0.15, 0.2) is 0 Å². The van der Waals surface area contributed by atoms with E-state index in [2.05, 4.69) is 0 Å². The number of rotatable bonds is 2. The van der Waals surface area contributed by atoms with Crippen molar-refractivity contribution in [3.8, 4) is 0 Å². The second-order valence-electron chi connectivity index (χ2n) is 1.81. The molecular weight excluding hydrogens is 128 g/mol. The molecule has 0 N–H and O–H groups in total. The van der Waals surface area contributed by atoms with Crippen LogP contribution in [0.3, 0.4) is 0 Å². The summed E-state index contributed by atoms with van der Waals surface area (Å²) in [4.78, 5) is 0. The monoisotopic (exact) mass is 140 g/mol. The van der Waals surface area contributed by atoms with Gasteiger partial charge in [0.05, 0.1) is 0 Å². The fourth-order valence-corrected chi connectivity index (χ4v) is 0.344. The molecule has 0 saturated carbocycles. The van der Waals surface area contributed by atoms with Gasteiger partial charge in [0.2, 0.25) is 0 Å². The predicted molar refractivity (Wildman–Crippen MR) is 25.7 cm³/mol. The van der Waals surface area contributed by atoms with E-state index in [9.17, 15) is 0 Å². The fourth-order valence-electron chi connectivity index (χ4n) is 0.0833. The molecule has 0 atom stereocenters. The van der Waals surface area contributed by atoms with Crippen LogP contribution in [-0.2, 0) is 24.0 Å². The van der Waals surface area contributed by atoms with E-state index in [1.807, 2.05) is 10.5 Å². The van der Waals surface area contributed by atoms with Crippen LogP contribution < -0.4 is 0 Å². The normalized spacial score (nSPS) is 12.0. The molecule has 0 saturated heterocycles. The molecule has 0 unspecified atom stereocenters. The first-order valence-corrected chi connectivity index (χ1v) is 6.62. The summed E-state index contributed by atoms with van der Waals surface area (Å²) < 4.78 is 10.1. The zero-order valence-electron chi connectivity index (χ0n) is 5.32. The van der Waals surface area contributed by atoms with Crippen molar-refractivity contribution in [2.75, 3.05) is 14.2 Å². The summed E-state index contributed by atoms with van der Waals surface area (Å²) in [6.07, 6.45) is 0. The summed E-state index contributed by atoms with van der Waals surface area (Å²) in [5.41, 5.74) is 0. The molecule has 0 aliphatic heterocycles. The second kappa shape index (κ2) is 2.83. The summed E-state index contributed by atoms with van der Waals surface area (Å²) in [5, 5.41) is 4.08. The Bertz CT molecular complexity index is 47.7. The Balaban J connectivity index is 3.36. The molecule has 0 aliphatic carbocycles. The van der Waals surface area contributed by atoms with Crippen LogP contribution in [0.4, 0.5) is 0 Å². The van der Waals surface area contributed by atoms with Crippen LogP contribution in [0.15, 0.2) is 0 Å². The van der Waals surface area contributed by atoms with E-state index in [1.54, 1.807) is 14.2 Å². The van der Waals surface area contributed by atoms with Gasteiger partial charge in [-0.15, -0.1) is 0 Å². The zero-order valence-corrected chi connectivity index (χ0v) is 6.88. The minimum atomic E-state index is -2.08. The van der Waals surface area contributed by atoms with E-state index in [4.69, 9.17) is 6.64 Å².